The second-order valence-electron chi connectivity index (χ2n) is 5.99. The lowest BCUT2D eigenvalue weighted by Crippen LogP contribution is -2.37. The van der Waals surface area contributed by atoms with Crippen LogP contribution in [-0.2, 0) is 0 Å². The van der Waals surface area contributed by atoms with Crippen molar-refractivity contribution < 1.29 is 9.18 Å². The van der Waals surface area contributed by atoms with Crippen LogP contribution in [0.25, 0.3) is 0 Å². The normalized spacial score (nSPS) is 15.2. The van der Waals surface area contributed by atoms with E-state index in [1.165, 1.54) is 12.1 Å². The van der Waals surface area contributed by atoms with E-state index in [2.05, 4.69) is 9.88 Å². The Kier molecular flexibility index (Phi) is 4.64. The Morgan fingerprint density at radius 2 is 1.79 bits per heavy atom. The Morgan fingerprint density at radius 1 is 1.04 bits per heavy atom. The zero-order chi connectivity index (χ0) is 17.1. The maximum absolute atomic E-state index is 13.1. The smallest absolute Gasteiger partial charge is 0.260 e. The van der Waals surface area contributed by atoms with Gasteiger partial charge in [0.1, 0.15) is 11.4 Å². The number of rotatable bonds is 2. The number of pyridine rings is 1. The van der Waals surface area contributed by atoms with Crippen LogP contribution >= 0.6 is 0 Å². The van der Waals surface area contributed by atoms with Gasteiger partial charge < -0.3 is 14.8 Å². The van der Waals surface area contributed by atoms with Crippen molar-refractivity contribution in [1.82, 2.24) is 9.88 Å². The Hall–Kier alpha value is -2.63. The molecule has 5 nitrogen and oxygen atoms in total. The van der Waals surface area contributed by atoms with E-state index < -0.39 is 0 Å². The third-order valence-electron chi connectivity index (χ3n) is 4.26. The molecule has 0 unspecified atom stereocenters. The molecule has 6 heteroatoms. The third-order valence-corrected chi connectivity index (χ3v) is 4.26. The standard InChI is InChI=1S/C18H20FN3O2/c1-13-3-8-16(17(23)20-13)18(24)22-10-2-9-21(11-12-22)15-6-4-14(19)5-7-15/h3-8H,2,9-12H2,1H3,(H,20,23). The van der Waals surface area contributed by atoms with Gasteiger partial charge in [-0.2, -0.15) is 0 Å². The summed E-state index contributed by atoms with van der Waals surface area (Å²) in [5.74, 6) is -0.499. The number of aromatic nitrogens is 1. The molecule has 1 N–H and O–H groups in total. The average Bonchev–Trinajstić information content (AvgIpc) is 2.81. The van der Waals surface area contributed by atoms with E-state index in [-0.39, 0.29) is 22.8 Å². The highest BCUT2D eigenvalue weighted by atomic mass is 19.1. The summed E-state index contributed by atoms with van der Waals surface area (Å²) >= 11 is 0. The van der Waals surface area contributed by atoms with Crippen molar-refractivity contribution in [1.29, 1.82) is 0 Å². The summed E-state index contributed by atoms with van der Waals surface area (Å²) in [5, 5.41) is 0. The van der Waals surface area contributed by atoms with Crippen molar-refractivity contribution in [2.24, 2.45) is 0 Å². The summed E-state index contributed by atoms with van der Waals surface area (Å²) in [6.45, 7) is 4.36. The lowest BCUT2D eigenvalue weighted by atomic mass is 10.2. The molecule has 1 fully saturated rings. The molecule has 0 atom stereocenters. The molecule has 1 aliphatic heterocycles. The molecular formula is C18H20FN3O2. The first-order valence-corrected chi connectivity index (χ1v) is 8.04. The SMILES string of the molecule is Cc1ccc(C(=O)N2CCCN(c3ccc(F)cc3)CC2)c(=O)[nH]1. The molecule has 1 saturated heterocycles. The highest BCUT2D eigenvalue weighted by molar-refractivity contribution is 5.93. The summed E-state index contributed by atoms with van der Waals surface area (Å²) in [5.41, 5.74) is 1.50. The number of carbonyl (C=O) groups excluding carboxylic acids is 1. The summed E-state index contributed by atoms with van der Waals surface area (Å²) in [6.07, 6.45) is 0.798. The minimum atomic E-state index is -0.348. The van der Waals surface area contributed by atoms with E-state index in [9.17, 15) is 14.0 Å². The van der Waals surface area contributed by atoms with Crippen LogP contribution in [0.15, 0.2) is 41.2 Å². The number of H-pyrrole nitrogens is 1. The fourth-order valence-electron chi connectivity index (χ4n) is 2.94. The molecule has 2 heterocycles. The van der Waals surface area contributed by atoms with Gasteiger partial charge in [-0.3, -0.25) is 9.59 Å². The number of carbonyl (C=O) groups is 1. The second kappa shape index (κ2) is 6.86. The van der Waals surface area contributed by atoms with E-state index in [4.69, 9.17) is 0 Å². The van der Waals surface area contributed by atoms with Crippen molar-refractivity contribution in [3.63, 3.8) is 0 Å². The quantitative estimate of drug-likeness (QED) is 0.919. The minimum Gasteiger partial charge on any atom is -0.370 e. The van der Waals surface area contributed by atoms with Crippen LogP contribution in [0.2, 0.25) is 0 Å². The molecule has 1 aliphatic rings. The summed E-state index contributed by atoms with van der Waals surface area (Å²) in [4.78, 5) is 31.1. The van der Waals surface area contributed by atoms with E-state index in [1.807, 2.05) is 0 Å². The second-order valence-corrected chi connectivity index (χ2v) is 5.99. The molecule has 0 aliphatic carbocycles. The summed E-state index contributed by atoms with van der Waals surface area (Å²) in [7, 11) is 0. The molecule has 0 radical (unpaired) electrons. The Morgan fingerprint density at radius 3 is 2.50 bits per heavy atom. The zero-order valence-electron chi connectivity index (χ0n) is 13.6. The number of amides is 1. The first-order valence-electron chi connectivity index (χ1n) is 8.04. The summed E-state index contributed by atoms with van der Waals surface area (Å²) in [6, 6.07) is 9.69. The van der Waals surface area contributed by atoms with Crippen LogP contribution in [0.4, 0.5) is 10.1 Å². The van der Waals surface area contributed by atoms with Gasteiger partial charge in [0.05, 0.1) is 0 Å². The van der Waals surface area contributed by atoms with Gasteiger partial charge in [-0.05, 0) is 49.7 Å². The highest BCUT2D eigenvalue weighted by Gasteiger charge is 2.22. The number of hydrogen-bond acceptors (Lipinski definition) is 3. The monoisotopic (exact) mass is 329 g/mol. The molecule has 1 amide bonds. The van der Waals surface area contributed by atoms with Crippen LogP contribution in [-0.4, -0.2) is 42.0 Å². The van der Waals surface area contributed by atoms with Crippen LogP contribution < -0.4 is 10.5 Å². The third kappa shape index (κ3) is 3.48. The van der Waals surface area contributed by atoms with Crippen LogP contribution in [0.1, 0.15) is 22.5 Å². The molecule has 0 saturated carbocycles. The van der Waals surface area contributed by atoms with Gasteiger partial charge in [0, 0.05) is 37.6 Å². The molecule has 126 valence electrons. The Balaban J connectivity index is 1.72. The number of benzene rings is 1. The fraction of sp³-hybridized carbons (Fsp3) is 0.333. The number of hydrogen-bond donors (Lipinski definition) is 1. The van der Waals surface area contributed by atoms with Crippen LogP contribution in [0, 0.1) is 12.7 Å². The predicted molar refractivity (Wildman–Crippen MR) is 90.9 cm³/mol. The van der Waals surface area contributed by atoms with Crippen LogP contribution in [0.3, 0.4) is 0 Å². The van der Waals surface area contributed by atoms with Crippen molar-refractivity contribution in [2.75, 3.05) is 31.1 Å². The highest BCUT2D eigenvalue weighted by Crippen LogP contribution is 2.17. The van der Waals surface area contributed by atoms with Gasteiger partial charge in [0.15, 0.2) is 0 Å². The molecule has 0 spiro atoms. The first-order chi connectivity index (χ1) is 11.5. The maximum atomic E-state index is 13.1. The van der Waals surface area contributed by atoms with Gasteiger partial charge >= 0.3 is 0 Å². The number of anilines is 1. The van der Waals surface area contributed by atoms with E-state index in [0.29, 0.717) is 19.6 Å². The number of aryl methyl sites for hydroxylation is 1. The van der Waals surface area contributed by atoms with Crippen molar-refractivity contribution in [3.8, 4) is 0 Å². The van der Waals surface area contributed by atoms with Gasteiger partial charge in [-0.1, -0.05) is 0 Å². The number of halogens is 1. The zero-order valence-corrected chi connectivity index (χ0v) is 13.6. The largest absolute Gasteiger partial charge is 0.370 e. The topological polar surface area (TPSA) is 56.4 Å². The molecular weight excluding hydrogens is 309 g/mol. The van der Waals surface area contributed by atoms with Gasteiger partial charge in [0.2, 0.25) is 0 Å². The van der Waals surface area contributed by atoms with Crippen molar-refractivity contribution in [3.05, 3.63) is 63.8 Å². The predicted octanol–water partition coefficient (Wildman–Crippen LogP) is 2.17. The fourth-order valence-corrected chi connectivity index (χ4v) is 2.94. The van der Waals surface area contributed by atoms with Crippen molar-refractivity contribution in [2.45, 2.75) is 13.3 Å². The van der Waals surface area contributed by atoms with Gasteiger partial charge in [0.25, 0.3) is 11.5 Å². The van der Waals surface area contributed by atoms with Crippen molar-refractivity contribution >= 4 is 11.6 Å². The number of aromatic amines is 1. The number of nitrogens with one attached hydrogen (secondary N) is 1. The lowest BCUT2D eigenvalue weighted by molar-refractivity contribution is 0.0765. The first kappa shape index (κ1) is 16.2. The average molecular weight is 329 g/mol. The maximum Gasteiger partial charge on any atom is 0.260 e. The molecule has 1 aromatic heterocycles. The molecule has 3 rings (SSSR count). The number of nitrogens with zero attached hydrogens (tertiary/aromatic N) is 2. The molecule has 0 bridgehead atoms. The van der Waals surface area contributed by atoms with E-state index >= 15 is 0 Å². The minimum absolute atomic E-state index is 0.177. The van der Waals surface area contributed by atoms with Crippen LogP contribution in [0.5, 0.6) is 0 Å². The Labute approximate surface area is 139 Å². The van der Waals surface area contributed by atoms with E-state index in [0.717, 1.165) is 24.3 Å². The molecule has 2 aromatic rings. The Bertz CT molecular complexity index is 786. The van der Waals surface area contributed by atoms with Gasteiger partial charge in [-0.15, -0.1) is 0 Å². The lowest BCUT2D eigenvalue weighted by Gasteiger charge is -2.23. The van der Waals surface area contributed by atoms with E-state index in [1.54, 1.807) is 36.1 Å². The van der Waals surface area contributed by atoms with Gasteiger partial charge in [-0.25, -0.2) is 4.39 Å². The molecule has 24 heavy (non-hydrogen) atoms. The summed E-state index contributed by atoms with van der Waals surface area (Å²) < 4.78 is 13.1. The molecule has 1 aromatic carbocycles.